The second-order valence-electron chi connectivity index (χ2n) is 6.43. The van der Waals surface area contributed by atoms with Crippen LogP contribution in [0.15, 0.2) is 41.3 Å². The molecule has 0 bridgehead atoms. The summed E-state index contributed by atoms with van der Waals surface area (Å²) >= 11 is -2.26. The maximum Gasteiger partial charge on any atom is 0.257 e. The van der Waals surface area contributed by atoms with Gasteiger partial charge in [-0.05, 0) is 43.3 Å². The Morgan fingerprint density at radius 2 is 1.75 bits per heavy atom. The number of rotatable bonds is 4. The van der Waals surface area contributed by atoms with Crippen molar-refractivity contribution in [2.75, 3.05) is 31.1 Å². The Morgan fingerprint density at radius 1 is 1.07 bits per heavy atom. The molecule has 2 N–H and O–H groups in total. The Kier molecular flexibility index (Phi) is 5.76. The zero-order valence-corrected chi connectivity index (χ0v) is 15.9. The first-order valence-corrected chi connectivity index (χ1v) is 9.67. The second-order valence-corrected chi connectivity index (χ2v) is 7.40. The van der Waals surface area contributed by atoms with E-state index < -0.39 is 22.8 Å². The van der Waals surface area contributed by atoms with E-state index in [1.165, 1.54) is 36.1 Å². The first kappa shape index (κ1) is 20.0. The smallest absolute Gasteiger partial charge is 0.257 e. The molecule has 9 heteroatoms. The Hall–Kier alpha value is -2.78. The van der Waals surface area contributed by atoms with Crippen LogP contribution in [0.3, 0.4) is 0 Å². The molecule has 1 atom stereocenters. The van der Waals surface area contributed by atoms with E-state index in [4.69, 9.17) is 0 Å². The van der Waals surface area contributed by atoms with Crippen LogP contribution in [-0.2, 0) is 11.1 Å². The monoisotopic (exact) mass is 406 g/mol. The molecule has 28 heavy (non-hydrogen) atoms. The van der Waals surface area contributed by atoms with Gasteiger partial charge in [-0.2, -0.15) is 0 Å². The van der Waals surface area contributed by atoms with Gasteiger partial charge in [0.25, 0.3) is 5.91 Å². The summed E-state index contributed by atoms with van der Waals surface area (Å²) < 4.78 is 34.7. The highest BCUT2D eigenvalue weighted by Crippen LogP contribution is 2.25. The van der Waals surface area contributed by atoms with Crippen LogP contribution in [0.2, 0.25) is 0 Å². The third-order valence-electron chi connectivity index (χ3n) is 4.66. The van der Waals surface area contributed by atoms with E-state index in [0.29, 0.717) is 37.4 Å². The molecule has 1 fully saturated rings. The molecule has 0 radical (unpaired) electrons. The molecule has 0 aliphatic carbocycles. The molecule has 1 amide bonds. The standard InChI is InChI=1S/C19H19FN2O5S/c1-12(23)13-2-4-17(16(20)10-13)21-6-8-22(9-7-21)19(25)15-11-14(28(26)27)3-5-18(15)24/h2-5,10-11,24H,6-9H2,1H3,(H,26,27). The number of anilines is 1. The zero-order valence-electron chi connectivity index (χ0n) is 15.1. The second kappa shape index (κ2) is 8.07. The van der Waals surface area contributed by atoms with Crippen LogP contribution in [0.5, 0.6) is 5.75 Å². The largest absolute Gasteiger partial charge is 0.507 e. The van der Waals surface area contributed by atoms with Gasteiger partial charge in [-0.25, -0.2) is 8.60 Å². The summed E-state index contributed by atoms with van der Waals surface area (Å²) in [4.78, 5) is 27.3. The quantitative estimate of drug-likeness (QED) is 0.597. The van der Waals surface area contributed by atoms with Gasteiger partial charge in [0.1, 0.15) is 11.6 Å². The summed E-state index contributed by atoms with van der Waals surface area (Å²) in [6, 6.07) is 7.99. The van der Waals surface area contributed by atoms with E-state index in [9.17, 15) is 27.8 Å². The first-order valence-electron chi connectivity index (χ1n) is 8.56. The highest BCUT2D eigenvalue weighted by Gasteiger charge is 2.26. The third kappa shape index (κ3) is 4.05. The number of ketones is 1. The molecule has 0 aromatic heterocycles. The maximum atomic E-state index is 14.3. The Labute approximate surface area is 163 Å². The van der Waals surface area contributed by atoms with E-state index in [1.54, 1.807) is 17.0 Å². The first-order chi connectivity index (χ1) is 13.3. The minimum absolute atomic E-state index is 0.0208. The highest BCUT2D eigenvalue weighted by molar-refractivity contribution is 7.79. The van der Waals surface area contributed by atoms with Crippen molar-refractivity contribution in [1.29, 1.82) is 0 Å². The fraction of sp³-hybridized carbons (Fsp3) is 0.263. The average Bonchev–Trinajstić information content (AvgIpc) is 2.67. The molecule has 3 rings (SSSR count). The van der Waals surface area contributed by atoms with Gasteiger partial charge >= 0.3 is 0 Å². The lowest BCUT2D eigenvalue weighted by atomic mass is 10.1. The fourth-order valence-corrected chi connectivity index (χ4v) is 3.50. The topological polar surface area (TPSA) is 98.2 Å². The average molecular weight is 406 g/mol. The van der Waals surface area contributed by atoms with Crippen molar-refractivity contribution in [1.82, 2.24) is 4.90 Å². The van der Waals surface area contributed by atoms with Crippen molar-refractivity contribution in [2.24, 2.45) is 0 Å². The predicted molar refractivity (Wildman–Crippen MR) is 102 cm³/mol. The lowest BCUT2D eigenvalue weighted by Gasteiger charge is -2.36. The fourth-order valence-electron chi connectivity index (χ4n) is 3.10. The summed E-state index contributed by atoms with van der Waals surface area (Å²) in [7, 11) is 0. The molecule has 0 spiro atoms. The molecule has 1 saturated heterocycles. The number of halogens is 1. The number of piperazine rings is 1. The number of phenols is 1. The van der Waals surface area contributed by atoms with E-state index in [1.807, 2.05) is 0 Å². The van der Waals surface area contributed by atoms with Gasteiger partial charge in [-0.1, -0.05) is 0 Å². The Morgan fingerprint density at radius 3 is 2.32 bits per heavy atom. The Balaban J connectivity index is 1.72. The number of carbonyl (C=O) groups excluding carboxylic acids is 2. The van der Waals surface area contributed by atoms with Crippen LogP contribution in [-0.4, -0.2) is 56.6 Å². The van der Waals surface area contributed by atoms with Gasteiger partial charge in [-0.15, -0.1) is 0 Å². The van der Waals surface area contributed by atoms with Crippen LogP contribution in [0.4, 0.5) is 10.1 Å². The molecule has 2 aromatic rings. The van der Waals surface area contributed by atoms with Crippen molar-refractivity contribution in [3.05, 3.63) is 53.3 Å². The van der Waals surface area contributed by atoms with Crippen LogP contribution >= 0.6 is 0 Å². The zero-order chi connectivity index (χ0) is 20.4. The van der Waals surface area contributed by atoms with Gasteiger partial charge < -0.3 is 19.5 Å². The van der Waals surface area contributed by atoms with E-state index in [2.05, 4.69) is 0 Å². The number of nitrogens with zero attached hydrogens (tertiary/aromatic N) is 2. The van der Waals surface area contributed by atoms with Crippen molar-refractivity contribution in [3.63, 3.8) is 0 Å². The number of Topliss-reactive ketones (excluding diaryl/α,β-unsaturated/α-hetero) is 1. The lowest BCUT2D eigenvalue weighted by Crippen LogP contribution is -2.49. The van der Waals surface area contributed by atoms with E-state index in [-0.39, 0.29) is 22.0 Å². The van der Waals surface area contributed by atoms with Crippen LogP contribution in [0.25, 0.3) is 0 Å². The molecule has 1 aliphatic rings. The predicted octanol–water partition coefficient (Wildman–Crippen LogP) is 2.28. The summed E-state index contributed by atoms with van der Waals surface area (Å²) in [6.07, 6.45) is 0. The molecule has 148 valence electrons. The lowest BCUT2D eigenvalue weighted by molar-refractivity contribution is 0.0743. The number of phenolic OH excluding ortho intramolecular Hbond substituents is 1. The number of hydrogen-bond acceptors (Lipinski definition) is 5. The number of amides is 1. The number of benzene rings is 2. The molecule has 1 aliphatic heterocycles. The van der Waals surface area contributed by atoms with E-state index in [0.717, 1.165) is 0 Å². The van der Waals surface area contributed by atoms with Gasteiger partial charge in [0, 0.05) is 31.7 Å². The van der Waals surface area contributed by atoms with Crippen LogP contribution in [0.1, 0.15) is 27.6 Å². The van der Waals surface area contributed by atoms with Gasteiger partial charge in [0.15, 0.2) is 16.9 Å². The summed E-state index contributed by atoms with van der Waals surface area (Å²) in [5.74, 6) is -1.45. The number of carbonyl (C=O) groups is 2. The molecular weight excluding hydrogens is 387 g/mol. The van der Waals surface area contributed by atoms with Crippen LogP contribution < -0.4 is 4.90 Å². The van der Waals surface area contributed by atoms with Gasteiger partial charge in [0.2, 0.25) is 0 Å². The normalized spacial score (nSPS) is 15.4. The van der Waals surface area contributed by atoms with Crippen LogP contribution in [0, 0.1) is 5.82 Å². The van der Waals surface area contributed by atoms with Crippen molar-refractivity contribution >= 4 is 28.5 Å². The molecule has 2 aromatic carbocycles. The van der Waals surface area contributed by atoms with Crippen molar-refractivity contribution < 1.29 is 27.8 Å². The highest BCUT2D eigenvalue weighted by atomic mass is 32.2. The van der Waals surface area contributed by atoms with Crippen molar-refractivity contribution in [3.8, 4) is 5.75 Å². The van der Waals surface area contributed by atoms with Gasteiger partial charge in [-0.3, -0.25) is 9.59 Å². The Bertz CT molecular complexity index is 957. The molecule has 1 unspecified atom stereocenters. The number of hydrogen-bond donors (Lipinski definition) is 2. The summed E-state index contributed by atoms with van der Waals surface area (Å²) in [6.45, 7) is 2.69. The van der Waals surface area contributed by atoms with E-state index >= 15 is 0 Å². The van der Waals surface area contributed by atoms with Crippen molar-refractivity contribution in [2.45, 2.75) is 11.8 Å². The maximum absolute atomic E-state index is 14.3. The molecule has 0 saturated carbocycles. The number of aromatic hydroxyl groups is 1. The third-order valence-corrected chi connectivity index (χ3v) is 5.32. The minimum Gasteiger partial charge on any atom is -0.507 e. The summed E-state index contributed by atoms with van der Waals surface area (Å²) in [5.41, 5.74) is 0.606. The molecular formula is C19H19FN2O5S. The minimum atomic E-state index is -2.26. The SMILES string of the molecule is CC(=O)c1ccc(N2CCN(C(=O)c3cc(S(=O)O)ccc3O)CC2)c(F)c1. The molecule has 1 heterocycles. The molecule has 7 nitrogen and oxygen atoms in total. The van der Waals surface area contributed by atoms with Gasteiger partial charge in [0.05, 0.1) is 16.1 Å². The summed E-state index contributed by atoms with van der Waals surface area (Å²) in [5, 5.41) is 9.94.